The number of quaternary nitrogens is 1. The van der Waals surface area contributed by atoms with E-state index in [1.165, 1.54) is 154 Å². The third kappa shape index (κ3) is 56.0. The molecule has 9 nitrogen and oxygen atoms in total. The number of ether oxygens (including phenoxy) is 1. The summed E-state index contributed by atoms with van der Waals surface area (Å²) >= 11 is 0. The van der Waals surface area contributed by atoms with E-state index in [4.69, 9.17) is 13.8 Å². The lowest BCUT2D eigenvalue weighted by atomic mass is 10.0. The van der Waals surface area contributed by atoms with Gasteiger partial charge in [0.05, 0.1) is 33.8 Å². The minimum Gasteiger partial charge on any atom is -0.456 e. The van der Waals surface area contributed by atoms with Crippen LogP contribution in [-0.2, 0) is 27.9 Å². The van der Waals surface area contributed by atoms with Crippen LogP contribution in [0.5, 0.6) is 0 Å². The lowest BCUT2D eigenvalue weighted by Gasteiger charge is -2.27. The number of phosphoric acid groups is 1. The number of carbonyl (C=O) groups excluding carboxylic acids is 2. The maximum Gasteiger partial charge on any atom is 0.472 e. The molecule has 0 aliphatic rings. The molecule has 436 valence electrons. The fraction of sp³-hybridized carbons (Fsp3) is 0.785. The van der Waals surface area contributed by atoms with E-state index in [9.17, 15) is 19.0 Å². The highest BCUT2D eigenvalue weighted by Crippen LogP contribution is 2.43. The summed E-state index contributed by atoms with van der Waals surface area (Å²) in [5.74, 6) is -0.523. The molecule has 10 heteroatoms. The highest BCUT2D eigenvalue weighted by atomic mass is 31.2. The maximum atomic E-state index is 13.5. The maximum absolute atomic E-state index is 13.5. The molecule has 0 aromatic rings. The zero-order chi connectivity index (χ0) is 55.0. The molecule has 0 aromatic carbocycles. The largest absolute Gasteiger partial charge is 0.472 e. The van der Waals surface area contributed by atoms with Crippen molar-refractivity contribution in [3.63, 3.8) is 0 Å². The number of likely N-dealkylation sites (N-methyl/N-ethyl adjacent to an activating group) is 1. The molecule has 0 rings (SSSR count). The summed E-state index contributed by atoms with van der Waals surface area (Å²) in [5.41, 5.74) is 0. The Morgan fingerprint density at radius 1 is 0.467 bits per heavy atom. The summed E-state index contributed by atoms with van der Waals surface area (Å²) in [7, 11) is 1.48. The van der Waals surface area contributed by atoms with Gasteiger partial charge in [0.2, 0.25) is 5.91 Å². The number of nitrogens with one attached hydrogen (secondary N) is 1. The van der Waals surface area contributed by atoms with E-state index in [0.717, 1.165) is 89.9 Å². The van der Waals surface area contributed by atoms with E-state index >= 15 is 0 Å². The summed E-state index contributed by atoms with van der Waals surface area (Å²) in [6.45, 7) is 6.95. The second-order valence-corrected chi connectivity index (χ2v) is 23.7. The third-order valence-corrected chi connectivity index (χ3v) is 14.6. The molecule has 0 saturated heterocycles. The summed E-state index contributed by atoms with van der Waals surface area (Å²) in [6, 6.07) is -0.859. The molecule has 0 saturated carbocycles. The SMILES string of the molecule is CCCCC/C=C\C/C=C\C/C=C\CCCCCCCCC(=O)NC(COP(=O)(O)OCC[N+](C)(C)C)C(/C=C/CCCCCCCCCCC)OC(=O)CCCCCCCCCCC/C=C\C/C=C\CCCCC. The van der Waals surface area contributed by atoms with Gasteiger partial charge in [0.25, 0.3) is 0 Å². The molecule has 0 aromatic heterocycles. The number of nitrogens with zero attached hydrogens (tertiary/aromatic N) is 1. The van der Waals surface area contributed by atoms with Gasteiger partial charge in [-0.05, 0) is 102 Å². The van der Waals surface area contributed by atoms with Crippen molar-refractivity contribution in [1.82, 2.24) is 5.32 Å². The van der Waals surface area contributed by atoms with Crippen molar-refractivity contribution in [3.05, 3.63) is 72.9 Å². The van der Waals surface area contributed by atoms with Crippen molar-refractivity contribution in [1.29, 1.82) is 0 Å². The van der Waals surface area contributed by atoms with Gasteiger partial charge in [-0.2, -0.15) is 0 Å². The fourth-order valence-electron chi connectivity index (χ4n) is 8.74. The molecule has 0 radical (unpaired) electrons. The lowest BCUT2D eigenvalue weighted by Crippen LogP contribution is -2.47. The van der Waals surface area contributed by atoms with Crippen LogP contribution >= 0.6 is 7.82 Å². The molecule has 2 N–H and O–H groups in total. The van der Waals surface area contributed by atoms with Crippen molar-refractivity contribution in [2.75, 3.05) is 40.9 Å². The van der Waals surface area contributed by atoms with Gasteiger partial charge < -0.3 is 19.4 Å². The number of hydrogen-bond donors (Lipinski definition) is 2. The molecule has 0 spiro atoms. The highest BCUT2D eigenvalue weighted by molar-refractivity contribution is 7.47. The summed E-state index contributed by atoms with van der Waals surface area (Å²) < 4.78 is 30.7. The van der Waals surface area contributed by atoms with E-state index in [1.807, 2.05) is 33.3 Å². The van der Waals surface area contributed by atoms with Crippen molar-refractivity contribution in [3.8, 4) is 0 Å². The molecule has 0 aliphatic carbocycles. The summed E-state index contributed by atoms with van der Waals surface area (Å²) in [5, 5.41) is 3.05. The van der Waals surface area contributed by atoms with E-state index < -0.39 is 20.0 Å². The van der Waals surface area contributed by atoms with Gasteiger partial charge >= 0.3 is 13.8 Å². The van der Waals surface area contributed by atoms with E-state index in [2.05, 4.69) is 86.8 Å². The number of unbranched alkanes of at least 4 members (excludes halogenated alkanes) is 30. The smallest absolute Gasteiger partial charge is 0.456 e. The molecular weight excluding hydrogens is 952 g/mol. The average Bonchev–Trinajstić information content (AvgIpc) is 3.37. The fourth-order valence-corrected chi connectivity index (χ4v) is 9.48. The molecule has 0 heterocycles. The topological polar surface area (TPSA) is 111 Å². The third-order valence-electron chi connectivity index (χ3n) is 13.6. The second-order valence-electron chi connectivity index (χ2n) is 22.2. The van der Waals surface area contributed by atoms with Crippen LogP contribution in [0.1, 0.15) is 278 Å². The quantitative estimate of drug-likeness (QED) is 0.0205. The van der Waals surface area contributed by atoms with Crippen molar-refractivity contribution < 1.29 is 37.3 Å². The number of carbonyl (C=O) groups is 2. The molecule has 0 fully saturated rings. The first-order valence-corrected chi connectivity index (χ1v) is 32.8. The minimum atomic E-state index is -4.45. The number of esters is 1. The normalized spacial score (nSPS) is 14.2. The van der Waals surface area contributed by atoms with Crippen molar-refractivity contribution in [2.45, 2.75) is 290 Å². The van der Waals surface area contributed by atoms with Gasteiger partial charge in [0, 0.05) is 12.8 Å². The number of amides is 1. The predicted octanol–water partition coefficient (Wildman–Crippen LogP) is 19.2. The summed E-state index contributed by atoms with van der Waals surface area (Å²) in [6.07, 6.45) is 70.3. The van der Waals surface area contributed by atoms with Crippen LogP contribution in [0.3, 0.4) is 0 Å². The Labute approximate surface area is 463 Å². The van der Waals surface area contributed by atoms with Crippen LogP contribution < -0.4 is 5.32 Å². The van der Waals surface area contributed by atoms with Crippen molar-refractivity contribution >= 4 is 19.7 Å². The summed E-state index contributed by atoms with van der Waals surface area (Å²) in [4.78, 5) is 37.7. The number of phosphoric ester groups is 1. The number of hydrogen-bond acceptors (Lipinski definition) is 6. The lowest BCUT2D eigenvalue weighted by molar-refractivity contribution is -0.870. The van der Waals surface area contributed by atoms with Gasteiger partial charge in [-0.3, -0.25) is 18.6 Å². The number of rotatable bonds is 56. The van der Waals surface area contributed by atoms with Crippen LogP contribution in [0.2, 0.25) is 0 Å². The first-order chi connectivity index (χ1) is 36.4. The zero-order valence-corrected chi connectivity index (χ0v) is 50.7. The predicted molar refractivity (Wildman–Crippen MR) is 323 cm³/mol. The van der Waals surface area contributed by atoms with Gasteiger partial charge in [-0.25, -0.2) is 4.57 Å². The molecular formula is C65H120N2O7P+. The Balaban J connectivity index is 5.24. The van der Waals surface area contributed by atoms with Gasteiger partial charge in [-0.1, -0.05) is 235 Å². The molecule has 3 atom stereocenters. The van der Waals surface area contributed by atoms with E-state index in [1.54, 1.807) is 0 Å². The molecule has 75 heavy (non-hydrogen) atoms. The Kier molecular flexibility index (Phi) is 52.9. The van der Waals surface area contributed by atoms with Crippen LogP contribution in [0.15, 0.2) is 72.9 Å². The first kappa shape index (κ1) is 72.5. The van der Waals surface area contributed by atoms with E-state index in [-0.39, 0.29) is 31.5 Å². The van der Waals surface area contributed by atoms with Crippen LogP contribution in [0.4, 0.5) is 0 Å². The average molecular weight is 1070 g/mol. The molecule has 0 bridgehead atoms. The standard InChI is InChI=1S/C65H119N2O7P/c1-7-10-13-16-19-22-25-27-29-31-33-35-37-39-42-45-48-51-54-57-64(68)66-62(61-73-75(70,71)72-60-59-67(4,5)6)63(56-53-50-47-44-41-24-21-18-15-12-9-3)74-65(69)58-55-52-49-46-43-40-38-36-34-32-30-28-26-23-20-17-14-11-8-2/h19-20,22-23,27-30,33,35,53,56,62-63H,7-18,21,24-26,31-32,34,36-52,54-55,57-61H2,1-6H3,(H-,66,68,70,71)/p+1/b22-19-,23-20-,29-27-,30-28-,35-33-,56-53+. The van der Waals surface area contributed by atoms with Gasteiger partial charge in [0.15, 0.2) is 0 Å². The van der Waals surface area contributed by atoms with Crippen molar-refractivity contribution in [2.24, 2.45) is 0 Å². The van der Waals surface area contributed by atoms with Crippen LogP contribution in [-0.4, -0.2) is 74.3 Å². The highest BCUT2D eigenvalue weighted by Gasteiger charge is 2.30. The Morgan fingerprint density at radius 3 is 1.24 bits per heavy atom. The molecule has 1 amide bonds. The monoisotopic (exact) mass is 1070 g/mol. The number of allylic oxidation sites excluding steroid dienone is 11. The first-order valence-electron chi connectivity index (χ1n) is 31.3. The molecule has 3 unspecified atom stereocenters. The second kappa shape index (κ2) is 54.8. The zero-order valence-electron chi connectivity index (χ0n) is 49.8. The Morgan fingerprint density at radius 2 is 0.813 bits per heavy atom. The van der Waals surface area contributed by atoms with E-state index in [0.29, 0.717) is 17.4 Å². The van der Waals surface area contributed by atoms with Gasteiger partial charge in [0.1, 0.15) is 19.3 Å². The Hall–Kier alpha value is -2.55. The molecule has 0 aliphatic heterocycles. The van der Waals surface area contributed by atoms with Gasteiger partial charge in [-0.15, -0.1) is 0 Å². The Bertz CT molecular complexity index is 1510. The van der Waals surface area contributed by atoms with Crippen LogP contribution in [0, 0.1) is 0 Å². The van der Waals surface area contributed by atoms with Crippen LogP contribution in [0.25, 0.3) is 0 Å². The minimum absolute atomic E-state index is 0.0345.